The minimum absolute atomic E-state index is 0.820. The van der Waals surface area contributed by atoms with Crippen LogP contribution in [-0.4, -0.2) is 19.9 Å². The van der Waals surface area contributed by atoms with Gasteiger partial charge in [0.25, 0.3) is 0 Å². The molecule has 292 valence electrons. The first kappa shape index (κ1) is 37.5. The van der Waals surface area contributed by atoms with Crippen molar-refractivity contribution in [3.8, 4) is 55.9 Å². The largest absolute Gasteiger partial charge is 0.311 e. The molecule has 0 unspecified atom stereocenters. The summed E-state index contributed by atoms with van der Waals surface area (Å²) in [6.45, 7) is 4.27. The van der Waals surface area contributed by atoms with Gasteiger partial charge in [0.1, 0.15) is 0 Å². The zero-order valence-electron chi connectivity index (χ0n) is 34.2. The Balaban J connectivity index is 0.947. The van der Waals surface area contributed by atoms with E-state index in [4.69, 9.17) is 19.9 Å². The van der Waals surface area contributed by atoms with Crippen LogP contribution in [0.25, 0.3) is 78.0 Å². The van der Waals surface area contributed by atoms with Gasteiger partial charge in [0, 0.05) is 28.2 Å². The Bertz CT molecular complexity index is 2930. The summed E-state index contributed by atoms with van der Waals surface area (Å²) >= 11 is 0. The normalized spacial score (nSPS) is 11.2. The van der Waals surface area contributed by atoms with Crippen molar-refractivity contribution in [2.75, 3.05) is 4.90 Å². The molecule has 8 aromatic carbocycles. The Morgan fingerprint density at radius 3 is 0.869 bits per heavy atom. The number of benzene rings is 8. The number of aromatic nitrogens is 4. The van der Waals surface area contributed by atoms with Gasteiger partial charge in [-0.05, 0) is 107 Å². The monoisotopic (exact) mass is 785 g/mol. The van der Waals surface area contributed by atoms with Crippen LogP contribution in [0.5, 0.6) is 0 Å². The highest BCUT2D eigenvalue weighted by molar-refractivity contribution is 5.83. The molecule has 0 amide bonds. The van der Waals surface area contributed by atoms with Crippen molar-refractivity contribution in [2.24, 2.45) is 0 Å². The minimum Gasteiger partial charge on any atom is -0.311 e. The highest BCUT2D eigenvalue weighted by atomic mass is 15.1. The lowest BCUT2D eigenvalue weighted by atomic mass is 10.00. The van der Waals surface area contributed by atoms with E-state index in [0.29, 0.717) is 0 Å². The molecule has 0 spiro atoms. The fourth-order valence-electron chi connectivity index (χ4n) is 8.16. The number of anilines is 3. The number of aryl methyl sites for hydroxylation is 2. The van der Waals surface area contributed by atoms with Crippen molar-refractivity contribution < 1.29 is 0 Å². The summed E-state index contributed by atoms with van der Waals surface area (Å²) < 4.78 is 0. The predicted molar refractivity (Wildman–Crippen MR) is 253 cm³/mol. The molecule has 61 heavy (non-hydrogen) atoms. The van der Waals surface area contributed by atoms with Gasteiger partial charge in [-0.2, -0.15) is 0 Å². The molecule has 5 nitrogen and oxygen atoms in total. The summed E-state index contributed by atoms with van der Waals surface area (Å²) in [4.78, 5) is 22.2. The predicted octanol–water partition coefficient (Wildman–Crippen LogP) is 14.5. The highest BCUT2D eigenvalue weighted by Gasteiger charge is 2.16. The zero-order valence-corrected chi connectivity index (χ0v) is 34.2. The first-order valence-corrected chi connectivity index (χ1v) is 21.0. The van der Waals surface area contributed by atoms with E-state index >= 15 is 0 Å². The smallest absolute Gasteiger partial charge is 0.0925 e. The number of hydrogen-bond donors (Lipinski definition) is 0. The van der Waals surface area contributed by atoms with E-state index in [-0.39, 0.29) is 0 Å². The average molecular weight is 786 g/mol. The lowest BCUT2D eigenvalue weighted by Crippen LogP contribution is -2.09. The van der Waals surface area contributed by atoms with Gasteiger partial charge in [0.2, 0.25) is 0 Å². The van der Waals surface area contributed by atoms with E-state index in [2.05, 4.69) is 170 Å². The SMILES string of the molecule is CCc1nc2ccccc2nc1-c1ccc(-c2ccc(N(c3ccc(-c4ccccc4)cc3)c3ccc(-c4ccc(-c5nc6ccccc6nc5CC)cc4)cc3)cc2)cc1. The molecule has 0 bridgehead atoms. The summed E-state index contributed by atoms with van der Waals surface area (Å²) in [7, 11) is 0. The molecule has 0 saturated heterocycles. The van der Waals surface area contributed by atoms with Gasteiger partial charge >= 0.3 is 0 Å². The number of rotatable bonds is 10. The van der Waals surface area contributed by atoms with Crippen molar-refractivity contribution in [1.82, 2.24) is 19.9 Å². The van der Waals surface area contributed by atoms with Crippen LogP contribution in [0.15, 0.2) is 200 Å². The lowest BCUT2D eigenvalue weighted by molar-refractivity contribution is 1.04. The van der Waals surface area contributed by atoms with Crippen molar-refractivity contribution in [2.45, 2.75) is 26.7 Å². The van der Waals surface area contributed by atoms with Crippen LogP contribution in [0.4, 0.5) is 17.1 Å². The number of fused-ring (bicyclic) bond motifs is 2. The second-order valence-corrected chi connectivity index (χ2v) is 15.2. The highest BCUT2D eigenvalue weighted by Crippen LogP contribution is 2.38. The van der Waals surface area contributed by atoms with E-state index in [1.54, 1.807) is 0 Å². The molecule has 0 atom stereocenters. The van der Waals surface area contributed by atoms with Crippen molar-refractivity contribution in [1.29, 1.82) is 0 Å². The van der Waals surface area contributed by atoms with Gasteiger partial charge in [-0.1, -0.05) is 153 Å². The van der Waals surface area contributed by atoms with Gasteiger partial charge in [-0.15, -0.1) is 0 Å². The van der Waals surface area contributed by atoms with E-state index in [1.165, 1.54) is 11.1 Å². The Hall–Kier alpha value is -7.76. The van der Waals surface area contributed by atoms with Crippen LogP contribution in [0.1, 0.15) is 25.2 Å². The molecule has 0 radical (unpaired) electrons. The molecule has 2 heterocycles. The van der Waals surface area contributed by atoms with Crippen LogP contribution in [0, 0.1) is 0 Å². The standard InChI is InChI=1S/C56H43N5/c1-3-49-55(59-53-16-10-8-14-51(53)57-49)44-22-18-39(19-23-44)42-28-34-47(35-29-42)61(46-32-26-41(27-33-46)38-12-6-5-7-13-38)48-36-30-43(31-37-48)40-20-24-45(25-21-40)56-50(4-2)58-52-15-9-11-17-54(52)60-56/h5-37H,3-4H2,1-2H3. The molecule has 10 rings (SSSR count). The fourth-order valence-corrected chi connectivity index (χ4v) is 8.16. The van der Waals surface area contributed by atoms with Gasteiger partial charge < -0.3 is 4.90 Å². The van der Waals surface area contributed by atoms with Gasteiger partial charge in [-0.25, -0.2) is 19.9 Å². The second kappa shape index (κ2) is 16.5. The number of nitrogens with zero attached hydrogens (tertiary/aromatic N) is 5. The van der Waals surface area contributed by atoms with Crippen molar-refractivity contribution in [3.05, 3.63) is 212 Å². The summed E-state index contributed by atoms with van der Waals surface area (Å²) in [6.07, 6.45) is 1.64. The van der Waals surface area contributed by atoms with Crippen LogP contribution in [0.3, 0.4) is 0 Å². The third kappa shape index (κ3) is 7.54. The topological polar surface area (TPSA) is 54.8 Å². The average Bonchev–Trinajstić information content (AvgIpc) is 3.34. The molecule has 0 fully saturated rings. The van der Waals surface area contributed by atoms with Crippen molar-refractivity contribution >= 4 is 39.1 Å². The molecular formula is C56H43N5. The Kier molecular flexibility index (Phi) is 10.1. The summed E-state index contributed by atoms with van der Waals surface area (Å²) in [6, 6.07) is 70.6. The third-order valence-electron chi connectivity index (χ3n) is 11.4. The lowest BCUT2D eigenvalue weighted by Gasteiger charge is -2.26. The molecule has 0 aliphatic rings. The third-order valence-corrected chi connectivity index (χ3v) is 11.4. The summed E-state index contributed by atoms with van der Waals surface area (Å²) in [5, 5.41) is 0. The van der Waals surface area contributed by atoms with E-state index in [0.717, 1.165) is 108 Å². The quantitative estimate of drug-likeness (QED) is 0.138. The Labute approximate surface area is 356 Å². The number of hydrogen-bond acceptors (Lipinski definition) is 5. The van der Waals surface area contributed by atoms with Crippen LogP contribution in [0.2, 0.25) is 0 Å². The second-order valence-electron chi connectivity index (χ2n) is 15.2. The van der Waals surface area contributed by atoms with Gasteiger partial charge in [0.05, 0.1) is 44.8 Å². The number of para-hydroxylation sites is 4. The minimum atomic E-state index is 0.820. The molecule has 0 N–H and O–H groups in total. The van der Waals surface area contributed by atoms with Gasteiger partial charge in [0.15, 0.2) is 0 Å². The molecular weight excluding hydrogens is 743 g/mol. The molecule has 0 aliphatic carbocycles. The Morgan fingerprint density at radius 2 is 0.541 bits per heavy atom. The van der Waals surface area contributed by atoms with E-state index in [9.17, 15) is 0 Å². The zero-order chi connectivity index (χ0) is 41.1. The first-order chi connectivity index (χ1) is 30.1. The molecule has 0 aliphatic heterocycles. The molecule has 0 saturated carbocycles. The van der Waals surface area contributed by atoms with E-state index < -0.39 is 0 Å². The van der Waals surface area contributed by atoms with Gasteiger partial charge in [-0.3, -0.25) is 0 Å². The Morgan fingerprint density at radius 1 is 0.279 bits per heavy atom. The summed E-state index contributed by atoms with van der Waals surface area (Å²) in [5.41, 5.74) is 20.0. The van der Waals surface area contributed by atoms with E-state index in [1.807, 2.05) is 48.5 Å². The maximum Gasteiger partial charge on any atom is 0.0925 e. The summed E-state index contributed by atoms with van der Waals surface area (Å²) in [5.74, 6) is 0. The van der Waals surface area contributed by atoms with Crippen LogP contribution < -0.4 is 4.90 Å². The van der Waals surface area contributed by atoms with Crippen LogP contribution >= 0.6 is 0 Å². The van der Waals surface area contributed by atoms with Crippen molar-refractivity contribution in [3.63, 3.8) is 0 Å². The first-order valence-electron chi connectivity index (χ1n) is 21.0. The molecule has 5 heteroatoms. The maximum atomic E-state index is 5.01. The molecule has 2 aromatic heterocycles. The molecule has 10 aromatic rings. The maximum absolute atomic E-state index is 5.01. The van der Waals surface area contributed by atoms with Crippen LogP contribution in [-0.2, 0) is 12.8 Å². The fraction of sp³-hybridized carbons (Fsp3) is 0.0714.